The van der Waals surface area contributed by atoms with Crippen LogP contribution in [0.5, 0.6) is 5.75 Å². The van der Waals surface area contributed by atoms with Gasteiger partial charge in [-0.2, -0.15) is 0 Å². The number of nitrogens with zero attached hydrogens (tertiary/aromatic N) is 1. The topological polar surface area (TPSA) is 80.0 Å². The van der Waals surface area contributed by atoms with Gasteiger partial charge in [-0.1, -0.05) is 30.3 Å². The largest absolute Gasteiger partial charge is 0.507 e. The molecule has 2 atom stereocenters. The second-order valence-corrected chi connectivity index (χ2v) is 8.63. The van der Waals surface area contributed by atoms with E-state index in [2.05, 4.69) is 0 Å². The standard InChI is InChI=1S/C27H25NO5/c1-16-8-10-22(32-16)24-23(25(29)19-9-11-21-20(15-19)14-17(2)33-21)26(30)27(31)28(24)13-12-18-6-4-3-5-7-18/h3-11,15,17,24,29H,12-14H2,1-2H3/t17-,24+/m0/s1. The number of fused-ring (bicyclic) bond motifs is 1. The third-order valence-corrected chi connectivity index (χ3v) is 6.22. The van der Waals surface area contributed by atoms with E-state index in [9.17, 15) is 14.7 Å². The lowest BCUT2D eigenvalue weighted by Gasteiger charge is -2.23. The fraction of sp³-hybridized carbons (Fsp3) is 0.259. The van der Waals surface area contributed by atoms with E-state index in [0.29, 0.717) is 30.0 Å². The molecular formula is C27H25NO5. The maximum atomic E-state index is 13.1. The predicted molar refractivity (Wildman–Crippen MR) is 123 cm³/mol. The van der Waals surface area contributed by atoms with Crippen molar-refractivity contribution in [1.29, 1.82) is 0 Å². The van der Waals surface area contributed by atoms with Gasteiger partial charge >= 0.3 is 0 Å². The first-order valence-corrected chi connectivity index (χ1v) is 11.1. The van der Waals surface area contributed by atoms with Gasteiger partial charge in [0, 0.05) is 18.5 Å². The molecule has 0 bridgehead atoms. The van der Waals surface area contributed by atoms with Crippen molar-refractivity contribution in [1.82, 2.24) is 4.90 Å². The summed E-state index contributed by atoms with van der Waals surface area (Å²) < 4.78 is 11.6. The van der Waals surface area contributed by atoms with Gasteiger partial charge in [-0.3, -0.25) is 9.59 Å². The van der Waals surface area contributed by atoms with E-state index in [4.69, 9.17) is 9.15 Å². The van der Waals surface area contributed by atoms with E-state index in [1.54, 1.807) is 31.2 Å². The molecule has 0 spiro atoms. The minimum atomic E-state index is -0.786. The zero-order valence-corrected chi connectivity index (χ0v) is 18.6. The smallest absolute Gasteiger partial charge is 0.295 e. The number of likely N-dealkylation sites (tertiary alicyclic amines) is 1. The molecule has 0 aliphatic carbocycles. The van der Waals surface area contributed by atoms with Crippen LogP contribution in [0.2, 0.25) is 0 Å². The third-order valence-electron chi connectivity index (χ3n) is 6.22. The molecule has 1 N–H and O–H groups in total. The van der Waals surface area contributed by atoms with E-state index in [0.717, 1.165) is 23.3 Å². The van der Waals surface area contributed by atoms with Crippen molar-refractivity contribution in [2.24, 2.45) is 0 Å². The molecule has 2 aliphatic rings. The van der Waals surface area contributed by atoms with E-state index >= 15 is 0 Å². The number of rotatable bonds is 5. The molecule has 3 aromatic rings. The highest BCUT2D eigenvalue weighted by atomic mass is 16.5. The lowest BCUT2D eigenvalue weighted by atomic mass is 9.97. The monoisotopic (exact) mass is 443 g/mol. The highest BCUT2D eigenvalue weighted by Crippen LogP contribution is 2.41. The summed E-state index contributed by atoms with van der Waals surface area (Å²) in [7, 11) is 0. The number of carbonyl (C=O) groups is 2. The van der Waals surface area contributed by atoms with Gasteiger partial charge in [0.15, 0.2) is 0 Å². The van der Waals surface area contributed by atoms with Crippen LogP contribution < -0.4 is 4.74 Å². The van der Waals surface area contributed by atoms with Crippen LogP contribution in [0, 0.1) is 6.92 Å². The zero-order valence-electron chi connectivity index (χ0n) is 18.6. The minimum absolute atomic E-state index is 0.0503. The van der Waals surface area contributed by atoms with Crippen molar-refractivity contribution in [3.63, 3.8) is 0 Å². The normalized spacial score (nSPS) is 21.3. The molecule has 1 aromatic heterocycles. The number of ketones is 1. The van der Waals surface area contributed by atoms with E-state index in [1.165, 1.54) is 4.90 Å². The predicted octanol–water partition coefficient (Wildman–Crippen LogP) is 4.58. The van der Waals surface area contributed by atoms with Gasteiger partial charge in [-0.25, -0.2) is 0 Å². The summed E-state index contributed by atoms with van der Waals surface area (Å²) in [5.41, 5.74) is 2.56. The average Bonchev–Trinajstić information content (AvgIpc) is 3.47. The van der Waals surface area contributed by atoms with Crippen LogP contribution in [0.1, 0.15) is 41.2 Å². The van der Waals surface area contributed by atoms with Crippen LogP contribution in [0.25, 0.3) is 5.76 Å². The van der Waals surface area contributed by atoms with Crippen LogP contribution in [0.4, 0.5) is 0 Å². The third kappa shape index (κ3) is 3.82. The van der Waals surface area contributed by atoms with Gasteiger partial charge in [0.2, 0.25) is 0 Å². The Bertz CT molecular complexity index is 1260. The van der Waals surface area contributed by atoms with Crippen molar-refractivity contribution < 1.29 is 23.8 Å². The summed E-state index contributed by atoms with van der Waals surface area (Å²) in [6, 6.07) is 17.9. The number of amides is 1. The number of Topliss-reactive ketones (excluding diaryl/α,β-unsaturated/α-hetero) is 1. The second-order valence-electron chi connectivity index (χ2n) is 8.63. The fourth-order valence-electron chi connectivity index (χ4n) is 4.63. The molecule has 5 rings (SSSR count). The number of ether oxygens (including phenoxy) is 1. The summed E-state index contributed by atoms with van der Waals surface area (Å²) in [4.78, 5) is 27.7. The molecule has 2 aliphatic heterocycles. The maximum absolute atomic E-state index is 13.1. The van der Waals surface area contributed by atoms with Crippen molar-refractivity contribution in [3.05, 3.63) is 94.4 Å². The molecule has 1 saturated heterocycles. The molecule has 1 fully saturated rings. The highest BCUT2D eigenvalue weighted by molar-refractivity contribution is 6.46. The second kappa shape index (κ2) is 8.28. The summed E-state index contributed by atoms with van der Waals surface area (Å²) in [5.74, 6) is 0.369. The number of benzene rings is 2. The van der Waals surface area contributed by atoms with Crippen LogP contribution in [0.15, 0.2) is 70.7 Å². The van der Waals surface area contributed by atoms with Crippen LogP contribution in [0.3, 0.4) is 0 Å². The van der Waals surface area contributed by atoms with Gasteiger partial charge in [0.25, 0.3) is 11.7 Å². The SMILES string of the molecule is Cc1ccc([C@@H]2C(=C(O)c3ccc4c(c3)C[C@H](C)O4)C(=O)C(=O)N2CCc2ccccc2)o1. The summed E-state index contributed by atoms with van der Waals surface area (Å²) >= 11 is 0. The first-order valence-electron chi connectivity index (χ1n) is 11.1. The van der Waals surface area contributed by atoms with Gasteiger partial charge in [0.1, 0.15) is 35.2 Å². The van der Waals surface area contributed by atoms with Gasteiger partial charge in [0.05, 0.1) is 5.57 Å². The number of hydrogen-bond donors (Lipinski definition) is 1. The number of aliphatic hydroxyl groups is 1. The van der Waals surface area contributed by atoms with Crippen molar-refractivity contribution in [3.8, 4) is 5.75 Å². The highest BCUT2D eigenvalue weighted by Gasteiger charge is 2.47. The lowest BCUT2D eigenvalue weighted by molar-refractivity contribution is -0.140. The van der Waals surface area contributed by atoms with E-state index < -0.39 is 17.7 Å². The maximum Gasteiger partial charge on any atom is 0.295 e. The Morgan fingerprint density at radius 3 is 2.61 bits per heavy atom. The van der Waals surface area contributed by atoms with Gasteiger partial charge in [-0.15, -0.1) is 0 Å². The van der Waals surface area contributed by atoms with Crippen LogP contribution in [-0.4, -0.2) is 34.3 Å². The zero-order chi connectivity index (χ0) is 23.1. The van der Waals surface area contributed by atoms with Crippen LogP contribution >= 0.6 is 0 Å². The van der Waals surface area contributed by atoms with E-state index in [-0.39, 0.29) is 17.4 Å². The molecule has 6 heteroatoms. The Balaban J connectivity index is 1.55. The first kappa shape index (κ1) is 21.1. The molecule has 1 amide bonds. The minimum Gasteiger partial charge on any atom is -0.507 e. The molecule has 0 radical (unpaired) electrons. The molecule has 6 nitrogen and oxygen atoms in total. The molecule has 0 saturated carbocycles. The van der Waals surface area contributed by atoms with Crippen molar-refractivity contribution >= 4 is 17.4 Å². The summed E-state index contributed by atoms with van der Waals surface area (Å²) in [6.45, 7) is 4.11. The van der Waals surface area contributed by atoms with Gasteiger partial charge in [-0.05, 0) is 61.7 Å². The van der Waals surface area contributed by atoms with E-state index in [1.807, 2.05) is 43.3 Å². The molecule has 168 valence electrons. The quantitative estimate of drug-likeness (QED) is 0.355. The number of carbonyl (C=O) groups excluding carboxylic acids is 2. The van der Waals surface area contributed by atoms with Crippen molar-refractivity contribution in [2.75, 3.05) is 6.54 Å². The average molecular weight is 443 g/mol. The summed E-state index contributed by atoms with van der Waals surface area (Å²) in [6.07, 6.45) is 1.37. The Morgan fingerprint density at radius 1 is 1.09 bits per heavy atom. The first-order chi connectivity index (χ1) is 15.9. The number of hydrogen-bond acceptors (Lipinski definition) is 5. The Morgan fingerprint density at radius 2 is 1.88 bits per heavy atom. The Hall–Kier alpha value is -3.80. The number of furan rings is 1. The molecule has 33 heavy (non-hydrogen) atoms. The summed E-state index contributed by atoms with van der Waals surface area (Å²) in [5, 5.41) is 11.2. The van der Waals surface area contributed by atoms with Crippen LogP contribution in [-0.2, 0) is 22.4 Å². The molecule has 3 heterocycles. The number of aryl methyl sites for hydroxylation is 1. The molecule has 0 unspecified atom stereocenters. The van der Waals surface area contributed by atoms with Gasteiger partial charge < -0.3 is 19.2 Å². The molecule has 2 aromatic carbocycles. The Labute approximate surface area is 192 Å². The van der Waals surface area contributed by atoms with Crippen molar-refractivity contribution in [2.45, 2.75) is 38.8 Å². The lowest BCUT2D eigenvalue weighted by Crippen LogP contribution is -2.31. The Kier molecular flexibility index (Phi) is 5.29. The number of aliphatic hydroxyl groups excluding tert-OH is 1. The fourth-order valence-corrected chi connectivity index (χ4v) is 4.63. The molecular weight excluding hydrogens is 418 g/mol.